The molecule has 62 valence electrons. The van der Waals surface area contributed by atoms with Gasteiger partial charge >= 0.3 is 0 Å². The molecule has 0 aliphatic carbocycles. The maximum atomic E-state index is 4.33. The Labute approximate surface area is 75.8 Å². The molecule has 4 heteroatoms. The van der Waals surface area contributed by atoms with Gasteiger partial charge in [-0.15, -0.1) is 0 Å². The van der Waals surface area contributed by atoms with Gasteiger partial charge in [-0.25, -0.2) is 9.50 Å². The topological polar surface area (TPSA) is 30.2 Å². The van der Waals surface area contributed by atoms with Crippen LogP contribution in [0.4, 0.5) is 0 Å². The predicted octanol–water partition coefficient (Wildman–Crippen LogP) is 1.72. The average Bonchev–Trinajstić information content (AvgIpc) is 2.47. The number of thiol groups is 1. The van der Waals surface area contributed by atoms with Gasteiger partial charge in [-0.1, -0.05) is 0 Å². The van der Waals surface area contributed by atoms with Gasteiger partial charge in [0.25, 0.3) is 0 Å². The van der Waals surface area contributed by atoms with Gasteiger partial charge in [-0.3, -0.25) is 0 Å². The molecule has 2 heterocycles. The minimum absolute atomic E-state index is 0.162. The van der Waals surface area contributed by atoms with Crippen molar-refractivity contribution in [3.05, 3.63) is 30.2 Å². The Hall–Kier alpha value is -1.03. The minimum Gasteiger partial charge on any atom is -0.235 e. The molecule has 0 saturated heterocycles. The van der Waals surface area contributed by atoms with Crippen LogP contribution in [0.15, 0.2) is 24.5 Å². The Morgan fingerprint density at radius 1 is 1.58 bits per heavy atom. The van der Waals surface area contributed by atoms with Crippen LogP contribution >= 0.6 is 12.6 Å². The monoisotopic (exact) mass is 179 g/mol. The van der Waals surface area contributed by atoms with Crippen LogP contribution in [0.2, 0.25) is 0 Å². The molecular weight excluding hydrogens is 170 g/mol. The van der Waals surface area contributed by atoms with E-state index < -0.39 is 0 Å². The zero-order valence-corrected chi connectivity index (χ0v) is 7.57. The zero-order chi connectivity index (χ0) is 8.55. The second kappa shape index (κ2) is 2.79. The molecule has 2 aromatic heterocycles. The number of hydrogen-bond acceptors (Lipinski definition) is 3. The van der Waals surface area contributed by atoms with Crippen LogP contribution < -0.4 is 0 Å². The summed E-state index contributed by atoms with van der Waals surface area (Å²) in [5.41, 5.74) is 1.89. The number of nitrogens with zero attached hydrogens (tertiary/aromatic N) is 3. The van der Waals surface area contributed by atoms with Crippen molar-refractivity contribution in [2.75, 3.05) is 0 Å². The van der Waals surface area contributed by atoms with Crippen LogP contribution in [0.25, 0.3) is 5.65 Å². The van der Waals surface area contributed by atoms with E-state index in [1.54, 1.807) is 16.9 Å². The van der Waals surface area contributed by atoms with E-state index in [0.29, 0.717) is 0 Å². The molecule has 3 nitrogen and oxygen atoms in total. The van der Waals surface area contributed by atoms with Crippen molar-refractivity contribution in [2.45, 2.75) is 12.2 Å². The largest absolute Gasteiger partial charge is 0.235 e. The first kappa shape index (κ1) is 7.61. The van der Waals surface area contributed by atoms with E-state index >= 15 is 0 Å². The summed E-state index contributed by atoms with van der Waals surface area (Å²) >= 11 is 4.33. The average molecular weight is 179 g/mol. The number of aromatic nitrogens is 3. The molecule has 0 spiro atoms. The lowest BCUT2D eigenvalue weighted by Gasteiger charge is -2.00. The van der Waals surface area contributed by atoms with Crippen LogP contribution in [0.5, 0.6) is 0 Å². The van der Waals surface area contributed by atoms with Gasteiger partial charge in [-0.05, 0) is 19.1 Å². The molecule has 0 radical (unpaired) electrons. The minimum atomic E-state index is 0.162. The molecule has 0 fully saturated rings. The highest BCUT2D eigenvalue weighted by molar-refractivity contribution is 7.80. The lowest BCUT2D eigenvalue weighted by atomic mass is 10.4. The molecule has 2 rings (SSSR count). The van der Waals surface area contributed by atoms with Gasteiger partial charge in [-0.2, -0.15) is 17.7 Å². The molecule has 0 aliphatic rings. The van der Waals surface area contributed by atoms with Crippen molar-refractivity contribution in [2.24, 2.45) is 0 Å². The van der Waals surface area contributed by atoms with Crippen molar-refractivity contribution >= 4 is 18.3 Å². The van der Waals surface area contributed by atoms with Gasteiger partial charge in [0, 0.05) is 11.4 Å². The smallest absolute Gasteiger partial charge is 0.153 e. The zero-order valence-electron chi connectivity index (χ0n) is 6.68. The maximum Gasteiger partial charge on any atom is 0.153 e. The Bertz CT molecular complexity index is 394. The molecule has 0 aromatic carbocycles. The van der Waals surface area contributed by atoms with Crippen molar-refractivity contribution in [3.63, 3.8) is 0 Å². The quantitative estimate of drug-likeness (QED) is 0.676. The van der Waals surface area contributed by atoms with E-state index in [0.717, 1.165) is 11.3 Å². The second-order valence-corrected chi connectivity index (χ2v) is 3.43. The maximum absolute atomic E-state index is 4.33. The highest BCUT2D eigenvalue weighted by atomic mass is 32.1. The van der Waals surface area contributed by atoms with Crippen molar-refractivity contribution in [3.8, 4) is 0 Å². The van der Waals surface area contributed by atoms with E-state index in [1.807, 2.05) is 19.1 Å². The van der Waals surface area contributed by atoms with Gasteiger partial charge in [0.15, 0.2) is 5.65 Å². The van der Waals surface area contributed by atoms with Gasteiger partial charge in [0.2, 0.25) is 0 Å². The van der Waals surface area contributed by atoms with Gasteiger partial charge < -0.3 is 0 Å². The Balaban J connectivity index is 2.70. The fourth-order valence-corrected chi connectivity index (χ4v) is 1.31. The Kier molecular flexibility index (Phi) is 1.77. The molecule has 1 atom stereocenters. The molecule has 0 saturated carbocycles. The SMILES string of the molecule is CC(S)c1cnc2cccnn12. The summed E-state index contributed by atoms with van der Waals surface area (Å²) in [5, 5.41) is 4.33. The van der Waals surface area contributed by atoms with Crippen molar-refractivity contribution in [1.29, 1.82) is 0 Å². The molecule has 0 amide bonds. The van der Waals surface area contributed by atoms with Crippen molar-refractivity contribution in [1.82, 2.24) is 14.6 Å². The summed E-state index contributed by atoms with van der Waals surface area (Å²) in [4.78, 5) is 4.19. The van der Waals surface area contributed by atoms with E-state index in [4.69, 9.17) is 0 Å². The van der Waals surface area contributed by atoms with Crippen LogP contribution in [0.3, 0.4) is 0 Å². The second-order valence-electron chi connectivity index (χ2n) is 2.65. The standard InChI is InChI=1S/C8H9N3S/c1-6(12)7-5-9-8-3-2-4-10-11(7)8/h2-6,12H,1H3. The predicted molar refractivity (Wildman–Crippen MR) is 50.4 cm³/mol. The van der Waals surface area contributed by atoms with E-state index in [-0.39, 0.29) is 5.25 Å². The lowest BCUT2D eigenvalue weighted by molar-refractivity contribution is 0.852. The Morgan fingerprint density at radius 2 is 2.42 bits per heavy atom. The summed E-state index contributed by atoms with van der Waals surface area (Å²) in [6.07, 6.45) is 3.55. The number of hydrogen-bond donors (Lipinski definition) is 1. The summed E-state index contributed by atoms with van der Waals surface area (Å²) in [6, 6.07) is 3.79. The lowest BCUT2D eigenvalue weighted by Crippen LogP contribution is -1.96. The van der Waals surface area contributed by atoms with Crippen LogP contribution in [0.1, 0.15) is 17.9 Å². The molecule has 1 unspecified atom stereocenters. The molecule has 0 N–H and O–H groups in total. The van der Waals surface area contributed by atoms with Crippen LogP contribution in [0, 0.1) is 0 Å². The summed E-state index contributed by atoms with van der Waals surface area (Å²) in [6.45, 7) is 2.00. The molecule has 12 heavy (non-hydrogen) atoms. The summed E-state index contributed by atoms with van der Waals surface area (Å²) < 4.78 is 1.80. The number of rotatable bonds is 1. The van der Waals surface area contributed by atoms with Crippen molar-refractivity contribution < 1.29 is 0 Å². The first-order valence-corrected chi connectivity index (χ1v) is 4.27. The molecular formula is C8H9N3S. The third kappa shape index (κ3) is 1.08. The molecule has 0 aliphatic heterocycles. The summed E-state index contributed by atoms with van der Waals surface area (Å²) in [7, 11) is 0. The molecule has 0 bridgehead atoms. The van der Waals surface area contributed by atoms with E-state index in [9.17, 15) is 0 Å². The van der Waals surface area contributed by atoms with Crippen LogP contribution in [-0.2, 0) is 0 Å². The highest BCUT2D eigenvalue weighted by Gasteiger charge is 2.06. The first-order valence-electron chi connectivity index (χ1n) is 3.76. The number of imidazole rings is 1. The fraction of sp³-hybridized carbons (Fsp3) is 0.250. The fourth-order valence-electron chi connectivity index (χ4n) is 1.13. The van der Waals surface area contributed by atoms with Gasteiger partial charge in [0.1, 0.15) is 0 Å². The normalized spacial score (nSPS) is 13.5. The third-order valence-corrected chi connectivity index (χ3v) is 2.00. The number of fused-ring (bicyclic) bond motifs is 1. The summed E-state index contributed by atoms with van der Waals surface area (Å²) in [5.74, 6) is 0. The van der Waals surface area contributed by atoms with Crippen LogP contribution in [-0.4, -0.2) is 14.6 Å². The molecule has 2 aromatic rings. The van der Waals surface area contributed by atoms with E-state index in [1.165, 1.54) is 0 Å². The van der Waals surface area contributed by atoms with Gasteiger partial charge in [0.05, 0.1) is 11.9 Å². The highest BCUT2D eigenvalue weighted by Crippen LogP contribution is 2.18. The van der Waals surface area contributed by atoms with E-state index in [2.05, 4.69) is 22.7 Å². The third-order valence-electron chi connectivity index (χ3n) is 1.73. The first-order chi connectivity index (χ1) is 5.79. The Morgan fingerprint density at radius 3 is 3.17 bits per heavy atom.